The van der Waals surface area contributed by atoms with Gasteiger partial charge in [0.15, 0.2) is 0 Å². The lowest BCUT2D eigenvalue weighted by atomic mass is 10.3. The summed E-state index contributed by atoms with van der Waals surface area (Å²) in [5.74, 6) is 0. The van der Waals surface area contributed by atoms with Gasteiger partial charge in [-0.25, -0.2) is 0 Å². The number of nitrogens with two attached hydrogens (primary N) is 1. The molecular formula is C5H10ClN. The molecule has 1 nitrogen and oxygen atoms in total. The number of halogens is 1. The van der Waals surface area contributed by atoms with E-state index in [0.29, 0.717) is 0 Å². The fourth-order valence-electron chi connectivity index (χ4n) is 0.362. The van der Waals surface area contributed by atoms with Crippen molar-refractivity contribution >= 4 is 11.6 Å². The van der Waals surface area contributed by atoms with Crippen LogP contribution in [0.1, 0.15) is 13.8 Å². The molecule has 0 radical (unpaired) electrons. The molecule has 0 saturated carbocycles. The Labute approximate surface area is 49.2 Å². The zero-order valence-electron chi connectivity index (χ0n) is 4.61. The summed E-state index contributed by atoms with van der Waals surface area (Å²) < 4.78 is 0. The first-order valence-electron chi connectivity index (χ1n) is 2.22. The third kappa shape index (κ3) is 5.99. The van der Waals surface area contributed by atoms with Crippen molar-refractivity contribution in [2.75, 3.05) is 0 Å². The van der Waals surface area contributed by atoms with Crippen LogP contribution >= 0.6 is 11.6 Å². The standard InChI is InChI=1S/C5H10ClN/c1-4(6)3-5(2)7/h3,5H,7H2,1-2H3/b4-3+. The van der Waals surface area contributed by atoms with Gasteiger partial charge in [0, 0.05) is 11.1 Å². The predicted molar refractivity (Wildman–Crippen MR) is 33.3 cm³/mol. The monoisotopic (exact) mass is 119 g/mol. The summed E-state index contributed by atoms with van der Waals surface area (Å²) in [5, 5.41) is 0.759. The second-order valence-electron chi connectivity index (χ2n) is 1.61. The first-order valence-corrected chi connectivity index (χ1v) is 2.60. The van der Waals surface area contributed by atoms with E-state index in [2.05, 4.69) is 0 Å². The van der Waals surface area contributed by atoms with Crippen molar-refractivity contribution in [1.29, 1.82) is 0 Å². The molecule has 0 saturated heterocycles. The second-order valence-corrected chi connectivity index (χ2v) is 2.21. The van der Waals surface area contributed by atoms with Crippen LogP contribution in [0, 0.1) is 0 Å². The van der Waals surface area contributed by atoms with Crippen LogP contribution in [0.3, 0.4) is 0 Å². The van der Waals surface area contributed by atoms with E-state index in [1.165, 1.54) is 0 Å². The maximum Gasteiger partial charge on any atom is 0.0209 e. The van der Waals surface area contributed by atoms with E-state index in [1.54, 1.807) is 6.08 Å². The van der Waals surface area contributed by atoms with Gasteiger partial charge in [0.1, 0.15) is 0 Å². The lowest BCUT2D eigenvalue weighted by Crippen LogP contribution is -2.10. The zero-order valence-corrected chi connectivity index (χ0v) is 5.37. The molecule has 0 aromatic rings. The van der Waals surface area contributed by atoms with Crippen LogP contribution in [0.5, 0.6) is 0 Å². The Morgan fingerprint density at radius 2 is 2.29 bits per heavy atom. The van der Waals surface area contributed by atoms with Gasteiger partial charge in [-0.15, -0.1) is 0 Å². The lowest BCUT2D eigenvalue weighted by Gasteiger charge is -1.92. The molecule has 0 amide bonds. The molecule has 0 heterocycles. The molecule has 7 heavy (non-hydrogen) atoms. The molecule has 1 unspecified atom stereocenters. The maximum atomic E-state index is 5.45. The maximum absolute atomic E-state index is 5.45. The van der Waals surface area contributed by atoms with Crippen molar-refractivity contribution in [3.05, 3.63) is 11.1 Å². The summed E-state index contributed by atoms with van der Waals surface area (Å²) >= 11 is 5.45. The first kappa shape index (κ1) is 6.99. The molecule has 2 N–H and O–H groups in total. The van der Waals surface area contributed by atoms with Crippen molar-refractivity contribution in [3.8, 4) is 0 Å². The van der Waals surface area contributed by atoms with Crippen molar-refractivity contribution in [2.45, 2.75) is 19.9 Å². The van der Waals surface area contributed by atoms with Crippen molar-refractivity contribution in [1.82, 2.24) is 0 Å². The SMILES string of the molecule is C/C(Cl)=C\C(C)N. The minimum absolute atomic E-state index is 0.0810. The largest absolute Gasteiger partial charge is 0.325 e. The minimum atomic E-state index is 0.0810. The third-order valence-corrected chi connectivity index (χ3v) is 0.619. The van der Waals surface area contributed by atoms with E-state index in [4.69, 9.17) is 17.3 Å². The third-order valence-electron chi connectivity index (χ3n) is 0.493. The molecule has 0 aromatic heterocycles. The van der Waals surface area contributed by atoms with Crippen LogP contribution in [-0.2, 0) is 0 Å². The van der Waals surface area contributed by atoms with Gasteiger partial charge < -0.3 is 5.73 Å². The van der Waals surface area contributed by atoms with Crippen LogP contribution in [0.25, 0.3) is 0 Å². The van der Waals surface area contributed by atoms with E-state index in [9.17, 15) is 0 Å². The van der Waals surface area contributed by atoms with Gasteiger partial charge in [-0.3, -0.25) is 0 Å². The Balaban J connectivity index is 3.45. The van der Waals surface area contributed by atoms with Gasteiger partial charge in [-0.1, -0.05) is 17.7 Å². The van der Waals surface area contributed by atoms with Crippen LogP contribution in [0.4, 0.5) is 0 Å². The van der Waals surface area contributed by atoms with Gasteiger partial charge in [0.25, 0.3) is 0 Å². The molecule has 0 aliphatic rings. The normalized spacial score (nSPS) is 16.9. The van der Waals surface area contributed by atoms with Gasteiger partial charge in [-0.2, -0.15) is 0 Å². The summed E-state index contributed by atoms with van der Waals surface area (Å²) in [6.07, 6.45) is 1.79. The molecule has 0 rings (SSSR count). The Morgan fingerprint density at radius 3 is 2.29 bits per heavy atom. The summed E-state index contributed by atoms with van der Waals surface area (Å²) in [6, 6.07) is 0.0810. The zero-order chi connectivity index (χ0) is 5.86. The highest BCUT2D eigenvalue weighted by molar-refractivity contribution is 6.29. The molecule has 0 aromatic carbocycles. The van der Waals surface area contributed by atoms with Crippen LogP contribution in [0.15, 0.2) is 11.1 Å². The lowest BCUT2D eigenvalue weighted by molar-refractivity contribution is 0.921. The summed E-state index contributed by atoms with van der Waals surface area (Å²) in [7, 11) is 0. The topological polar surface area (TPSA) is 26.0 Å². The number of allylic oxidation sites excluding steroid dienone is 1. The summed E-state index contributed by atoms with van der Waals surface area (Å²) in [5.41, 5.74) is 5.33. The Hall–Kier alpha value is -0.0100. The molecule has 1 atom stereocenters. The van der Waals surface area contributed by atoms with E-state index >= 15 is 0 Å². The summed E-state index contributed by atoms with van der Waals surface area (Å²) in [6.45, 7) is 3.69. The van der Waals surface area contributed by atoms with E-state index in [0.717, 1.165) is 5.03 Å². The number of rotatable bonds is 1. The van der Waals surface area contributed by atoms with Crippen molar-refractivity contribution in [2.24, 2.45) is 5.73 Å². The van der Waals surface area contributed by atoms with Crippen LogP contribution < -0.4 is 5.73 Å². The summed E-state index contributed by atoms with van der Waals surface area (Å²) in [4.78, 5) is 0. The molecule has 0 aliphatic carbocycles. The molecule has 0 spiro atoms. The van der Waals surface area contributed by atoms with Crippen LogP contribution in [0.2, 0.25) is 0 Å². The van der Waals surface area contributed by atoms with Gasteiger partial charge in [0.2, 0.25) is 0 Å². The Kier molecular flexibility index (Phi) is 3.05. The van der Waals surface area contributed by atoms with Crippen LogP contribution in [-0.4, -0.2) is 6.04 Å². The average molecular weight is 120 g/mol. The van der Waals surface area contributed by atoms with E-state index in [-0.39, 0.29) is 6.04 Å². The predicted octanol–water partition coefficient (Wildman–Crippen LogP) is 1.48. The van der Waals surface area contributed by atoms with Crippen molar-refractivity contribution < 1.29 is 0 Å². The smallest absolute Gasteiger partial charge is 0.0209 e. The van der Waals surface area contributed by atoms with Gasteiger partial charge >= 0.3 is 0 Å². The quantitative estimate of drug-likeness (QED) is 0.556. The number of hydrogen-bond donors (Lipinski definition) is 1. The first-order chi connectivity index (χ1) is 3.13. The molecule has 0 bridgehead atoms. The van der Waals surface area contributed by atoms with E-state index in [1.807, 2.05) is 13.8 Å². The molecule has 42 valence electrons. The Morgan fingerprint density at radius 1 is 1.86 bits per heavy atom. The highest BCUT2D eigenvalue weighted by Crippen LogP contribution is 1.97. The molecule has 2 heteroatoms. The fourth-order valence-corrected chi connectivity index (χ4v) is 0.561. The van der Waals surface area contributed by atoms with E-state index < -0.39 is 0 Å². The van der Waals surface area contributed by atoms with Crippen molar-refractivity contribution in [3.63, 3.8) is 0 Å². The highest BCUT2D eigenvalue weighted by atomic mass is 35.5. The highest BCUT2D eigenvalue weighted by Gasteiger charge is 1.83. The average Bonchev–Trinajstić information content (AvgIpc) is 1.27. The molecule has 0 aliphatic heterocycles. The molecular weight excluding hydrogens is 110 g/mol. The van der Waals surface area contributed by atoms with Gasteiger partial charge in [-0.05, 0) is 13.8 Å². The Bertz CT molecular complexity index is 72.1. The molecule has 0 fully saturated rings. The second kappa shape index (κ2) is 3.05. The minimum Gasteiger partial charge on any atom is -0.325 e. The number of hydrogen-bond acceptors (Lipinski definition) is 1. The fraction of sp³-hybridized carbons (Fsp3) is 0.600. The van der Waals surface area contributed by atoms with Gasteiger partial charge in [0.05, 0.1) is 0 Å².